The lowest BCUT2D eigenvalue weighted by molar-refractivity contribution is 0.135. The summed E-state index contributed by atoms with van der Waals surface area (Å²) in [5, 5.41) is 10.6. The first-order valence-corrected chi connectivity index (χ1v) is 12.8. The number of halogens is 2. The third kappa shape index (κ3) is 3.58. The maximum absolute atomic E-state index is 16.6. The number of nitriles is 1. The first kappa shape index (κ1) is 23.8. The van der Waals surface area contributed by atoms with Crippen LogP contribution in [0.5, 0.6) is 6.01 Å². The van der Waals surface area contributed by atoms with Gasteiger partial charge in [0.25, 0.3) is 0 Å². The first-order chi connectivity index (χ1) is 17.8. The van der Waals surface area contributed by atoms with Crippen molar-refractivity contribution in [1.82, 2.24) is 15.0 Å². The van der Waals surface area contributed by atoms with E-state index in [9.17, 15) is 9.65 Å². The SMILES string of the molecule is CCC1(COc2nc(N(C)C)c3c4c(c(-c5ncc(F)c6sc(N)c(C#N)c56)c(F)c3n2)COC4)CC1. The Morgan fingerprint density at radius 1 is 1.22 bits per heavy atom. The second-order valence-corrected chi connectivity index (χ2v) is 10.9. The van der Waals surface area contributed by atoms with Crippen LogP contribution in [0.2, 0.25) is 0 Å². The molecule has 0 spiro atoms. The molecule has 0 amide bonds. The Kier molecular flexibility index (Phi) is 5.43. The fraction of sp³-hybridized carbons (Fsp3) is 0.385. The Bertz CT molecular complexity index is 1640. The number of benzene rings is 1. The second kappa shape index (κ2) is 8.46. The third-order valence-corrected chi connectivity index (χ3v) is 8.47. The number of pyridine rings is 1. The molecule has 1 aromatic carbocycles. The number of hydrogen-bond donors (Lipinski definition) is 1. The van der Waals surface area contributed by atoms with Gasteiger partial charge in [0, 0.05) is 30.5 Å². The van der Waals surface area contributed by atoms with Crippen LogP contribution < -0.4 is 15.4 Å². The molecule has 1 fully saturated rings. The van der Waals surface area contributed by atoms with Gasteiger partial charge in [0.1, 0.15) is 22.4 Å². The lowest BCUT2D eigenvalue weighted by Gasteiger charge is -2.20. The van der Waals surface area contributed by atoms with E-state index in [1.807, 2.05) is 20.2 Å². The zero-order chi connectivity index (χ0) is 26.1. The molecule has 1 aliphatic heterocycles. The number of hydrogen-bond acceptors (Lipinski definition) is 9. The van der Waals surface area contributed by atoms with Gasteiger partial charge in [-0.15, -0.1) is 11.3 Å². The van der Waals surface area contributed by atoms with Gasteiger partial charge in [0.15, 0.2) is 11.6 Å². The number of nitrogen functional groups attached to an aromatic ring is 1. The molecule has 0 radical (unpaired) electrons. The summed E-state index contributed by atoms with van der Waals surface area (Å²) in [7, 11) is 3.65. The van der Waals surface area contributed by atoms with Gasteiger partial charge < -0.3 is 20.1 Å². The van der Waals surface area contributed by atoms with Gasteiger partial charge in [0.05, 0.1) is 47.4 Å². The molecule has 3 aromatic heterocycles. The van der Waals surface area contributed by atoms with Gasteiger partial charge in [-0.1, -0.05) is 6.92 Å². The van der Waals surface area contributed by atoms with Gasteiger partial charge >= 0.3 is 6.01 Å². The van der Waals surface area contributed by atoms with E-state index in [4.69, 9.17) is 15.2 Å². The highest BCUT2D eigenvalue weighted by Gasteiger charge is 2.42. The highest BCUT2D eigenvalue weighted by atomic mass is 32.1. The summed E-state index contributed by atoms with van der Waals surface area (Å²) in [4.78, 5) is 15.2. The van der Waals surface area contributed by atoms with Gasteiger partial charge in [-0.3, -0.25) is 4.98 Å². The largest absolute Gasteiger partial charge is 0.463 e. The van der Waals surface area contributed by atoms with Crippen molar-refractivity contribution in [1.29, 1.82) is 5.26 Å². The molecule has 1 saturated carbocycles. The van der Waals surface area contributed by atoms with Crippen molar-refractivity contribution >= 4 is 43.1 Å². The molecule has 2 aliphatic rings. The zero-order valence-corrected chi connectivity index (χ0v) is 21.4. The van der Waals surface area contributed by atoms with Crippen molar-refractivity contribution in [3.63, 3.8) is 0 Å². The summed E-state index contributed by atoms with van der Waals surface area (Å²) in [5.74, 6) is -0.757. The van der Waals surface area contributed by atoms with E-state index in [2.05, 4.69) is 21.9 Å². The highest BCUT2D eigenvalue weighted by Crippen LogP contribution is 2.49. The van der Waals surface area contributed by atoms with Crippen molar-refractivity contribution < 1.29 is 18.3 Å². The summed E-state index contributed by atoms with van der Waals surface area (Å²) in [5.41, 5.74) is 7.85. The van der Waals surface area contributed by atoms with Crippen LogP contribution in [-0.4, -0.2) is 35.7 Å². The molecule has 0 bridgehead atoms. The van der Waals surface area contributed by atoms with Crippen LogP contribution in [0.3, 0.4) is 0 Å². The van der Waals surface area contributed by atoms with Crippen LogP contribution >= 0.6 is 11.3 Å². The Morgan fingerprint density at radius 2 is 1.97 bits per heavy atom. The first-order valence-electron chi connectivity index (χ1n) is 12.0. The van der Waals surface area contributed by atoms with Crippen LogP contribution in [0, 0.1) is 28.4 Å². The number of nitrogens with two attached hydrogens (primary N) is 1. The molecule has 0 unspecified atom stereocenters. The Balaban J connectivity index is 1.64. The molecule has 0 atom stereocenters. The molecular formula is C26H24F2N6O2S. The number of rotatable bonds is 6. The van der Waals surface area contributed by atoms with Crippen molar-refractivity contribution in [2.24, 2.45) is 5.41 Å². The fourth-order valence-corrected chi connectivity index (χ4v) is 5.93. The molecule has 11 heteroatoms. The summed E-state index contributed by atoms with van der Waals surface area (Å²) in [6.07, 6.45) is 4.18. The van der Waals surface area contributed by atoms with E-state index in [0.717, 1.165) is 42.4 Å². The maximum Gasteiger partial charge on any atom is 0.319 e. The molecule has 0 saturated heterocycles. The highest BCUT2D eigenvalue weighted by molar-refractivity contribution is 7.23. The maximum atomic E-state index is 16.6. The van der Waals surface area contributed by atoms with Gasteiger partial charge in [0.2, 0.25) is 0 Å². The molecule has 37 heavy (non-hydrogen) atoms. The zero-order valence-electron chi connectivity index (χ0n) is 20.6. The van der Waals surface area contributed by atoms with Crippen molar-refractivity contribution in [2.45, 2.75) is 39.4 Å². The molecule has 2 N–H and O–H groups in total. The number of thiophene rings is 1. The van der Waals surface area contributed by atoms with Gasteiger partial charge in [-0.2, -0.15) is 15.2 Å². The van der Waals surface area contributed by atoms with E-state index >= 15 is 4.39 Å². The summed E-state index contributed by atoms with van der Waals surface area (Å²) in [6.45, 7) is 2.94. The van der Waals surface area contributed by atoms with E-state index in [1.165, 1.54) is 0 Å². The predicted molar refractivity (Wildman–Crippen MR) is 137 cm³/mol. The summed E-state index contributed by atoms with van der Waals surface area (Å²) >= 11 is 0.942. The van der Waals surface area contributed by atoms with Crippen LogP contribution in [-0.2, 0) is 18.0 Å². The third-order valence-electron chi connectivity index (χ3n) is 7.44. The van der Waals surface area contributed by atoms with Crippen molar-refractivity contribution in [2.75, 3.05) is 31.3 Å². The molecule has 8 nitrogen and oxygen atoms in total. The molecule has 6 rings (SSSR count). The molecule has 190 valence electrons. The monoisotopic (exact) mass is 522 g/mol. The minimum Gasteiger partial charge on any atom is -0.463 e. The van der Waals surface area contributed by atoms with Crippen molar-refractivity contribution in [3.05, 3.63) is 34.5 Å². The van der Waals surface area contributed by atoms with E-state index in [0.29, 0.717) is 23.4 Å². The standard InChI is InChI=1S/C26H24F2N6O2S/c1-4-26(5-6-26)11-36-25-32-21-18(24(33-25)34(2)3)14-10-35-9-13(14)16(19(21)28)20-17-12(7-29)23(30)37-22(17)15(27)8-31-20/h8H,4-6,9-11,30H2,1-3H3. The van der Waals surface area contributed by atoms with Gasteiger partial charge in [-0.25, -0.2) is 8.78 Å². The van der Waals surface area contributed by atoms with Crippen LogP contribution in [0.4, 0.5) is 19.6 Å². The van der Waals surface area contributed by atoms with Crippen LogP contribution in [0.1, 0.15) is 42.9 Å². The van der Waals surface area contributed by atoms with Crippen LogP contribution in [0.25, 0.3) is 32.2 Å². The Hall–Kier alpha value is -3.62. The normalized spacial score (nSPS) is 15.7. The summed E-state index contributed by atoms with van der Waals surface area (Å²) < 4.78 is 43.2. The minimum absolute atomic E-state index is 0.0651. The lowest BCUT2D eigenvalue weighted by Crippen LogP contribution is -2.17. The molecule has 4 aromatic rings. The topological polar surface area (TPSA) is 110 Å². The number of anilines is 2. The van der Waals surface area contributed by atoms with Crippen LogP contribution in [0.15, 0.2) is 6.20 Å². The number of ether oxygens (including phenoxy) is 2. The summed E-state index contributed by atoms with van der Waals surface area (Å²) in [6, 6.07) is 2.12. The van der Waals surface area contributed by atoms with Crippen molar-refractivity contribution in [3.8, 4) is 23.3 Å². The smallest absolute Gasteiger partial charge is 0.319 e. The quantitative estimate of drug-likeness (QED) is 0.363. The lowest BCUT2D eigenvalue weighted by atomic mass is 9.93. The van der Waals surface area contributed by atoms with E-state index in [-0.39, 0.29) is 62.1 Å². The van der Waals surface area contributed by atoms with E-state index in [1.54, 1.807) is 4.90 Å². The molecular weight excluding hydrogens is 498 g/mol. The Labute approximate surface area is 215 Å². The second-order valence-electron chi connectivity index (χ2n) is 9.84. The average molecular weight is 523 g/mol. The number of fused-ring (bicyclic) bond motifs is 4. The molecule has 4 heterocycles. The fourth-order valence-electron chi connectivity index (χ4n) is 5.01. The number of aromatic nitrogens is 3. The Morgan fingerprint density at radius 3 is 2.65 bits per heavy atom. The molecule has 1 aliphatic carbocycles. The predicted octanol–water partition coefficient (Wildman–Crippen LogP) is 5.30. The average Bonchev–Trinajstić information content (AvgIpc) is 3.36. The number of nitrogens with zero attached hydrogens (tertiary/aromatic N) is 5. The van der Waals surface area contributed by atoms with E-state index < -0.39 is 11.6 Å². The minimum atomic E-state index is -0.653. The van der Waals surface area contributed by atoms with Gasteiger partial charge in [-0.05, 0) is 30.4 Å².